The number of piperidine rings is 1. The minimum Gasteiger partial charge on any atom is -0.369 e. The third-order valence-corrected chi connectivity index (χ3v) is 5.88. The van der Waals surface area contributed by atoms with Gasteiger partial charge in [-0.3, -0.25) is 9.59 Å². The third-order valence-electron chi connectivity index (χ3n) is 4.06. The van der Waals surface area contributed by atoms with Gasteiger partial charge < -0.3 is 10.6 Å². The minimum atomic E-state index is -3.69. The lowest BCUT2D eigenvalue weighted by Crippen LogP contribution is -2.46. The van der Waals surface area contributed by atoms with Crippen molar-refractivity contribution >= 4 is 21.8 Å². The molecule has 0 bridgehead atoms. The summed E-state index contributed by atoms with van der Waals surface area (Å²) < 4.78 is 25.8. The fourth-order valence-electron chi connectivity index (χ4n) is 2.56. The molecular formula is C15H21N3O4S. The molecule has 0 unspecified atom stereocenters. The molecule has 0 spiro atoms. The Hall–Kier alpha value is -1.93. The number of hydrogen-bond acceptors (Lipinski definition) is 4. The van der Waals surface area contributed by atoms with Crippen LogP contribution in [0.15, 0.2) is 35.2 Å². The van der Waals surface area contributed by atoms with Crippen LogP contribution >= 0.6 is 0 Å². The number of rotatable bonds is 5. The van der Waals surface area contributed by atoms with Crippen LogP contribution in [0.3, 0.4) is 0 Å². The lowest BCUT2D eigenvalue weighted by molar-refractivity contribution is -0.134. The molecule has 1 aliphatic heterocycles. The standard InChI is InChI=1S/C15H21N3O4S/c1-17(23(21,22)13-5-3-2-4-6-13)11-14(19)18-9-7-12(8-10-18)15(16)20/h2-6,12H,7-11H2,1H3,(H2,16,20). The summed E-state index contributed by atoms with van der Waals surface area (Å²) in [5.41, 5.74) is 5.26. The molecular weight excluding hydrogens is 318 g/mol. The van der Waals surface area contributed by atoms with Crippen molar-refractivity contribution < 1.29 is 18.0 Å². The van der Waals surface area contributed by atoms with E-state index in [1.54, 1.807) is 23.1 Å². The summed E-state index contributed by atoms with van der Waals surface area (Å²) in [6.07, 6.45) is 1.05. The van der Waals surface area contributed by atoms with Gasteiger partial charge in [0.1, 0.15) is 0 Å². The van der Waals surface area contributed by atoms with Crippen LogP contribution in [0.25, 0.3) is 0 Å². The third kappa shape index (κ3) is 4.08. The van der Waals surface area contributed by atoms with Gasteiger partial charge in [-0.25, -0.2) is 8.42 Å². The molecule has 1 fully saturated rings. The second kappa shape index (κ2) is 7.10. The number of benzene rings is 1. The second-order valence-corrected chi connectivity index (χ2v) is 7.68. The number of carbonyl (C=O) groups excluding carboxylic acids is 2. The molecule has 2 rings (SSSR count). The Kier molecular flexibility index (Phi) is 5.38. The first-order valence-electron chi connectivity index (χ1n) is 7.41. The zero-order valence-corrected chi connectivity index (χ0v) is 13.8. The number of sulfonamides is 1. The molecule has 1 aliphatic rings. The van der Waals surface area contributed by atoms with E-state index in [4.69, 9.17) is 5.73 Å². The first-order chi connectivity index (χ1) is 10.8. The van der Waals surface area contributed by atoms with Crippen LogP contribution in [0.5, 0.6) is 0 Å². The highest BCUT2D eigenvalue weighted by Crippen LogP contribution is 2.18. The summed E-state index contributed by atoms with van der Waals surface area (Å²) >= 11 is 0. The van der Waals surface area contributed by atoms with Crippen LogP contribution in [-0.2, 0) is 19.6 Å². The van der Waals surface area contributed by atoms with Gasteiger partial charge in [-0.2, -0.15) is 4.31 Å². The normalized spacial score (nSPS) is 16.5. The van der Waals surface area contributed by atoms with Crippen molar-refractivity contribution in [1.82, 2.24) is 9.21 Å². The van der Waals surface area contributed by atoms with E-state index in [-0.39, 0.29) is 29.2 Å². The van der Waals surface area contributed by atoms with Gasteiger partial charge in [0.25, 0.3) is 0 Å². The number of amides is 2. The Morgan fingerprint density at radius 1 is 1.22 bits per heavy atom. The van der Waals surface area contributed by atoms with Gasteiger partial charge in [0, 0.05) is 26.1 Å². The lowest BCUT2D eigenvalue weighted by Gasteiger charge is -2.31. The van der Waals surface area contributed by atoms with Crippen molar-refractivity contribution in [3.63, 3.8) is 0 Å². The Bertz CT molecular complexity index is 667. The van der Waals surface area contributed by atoms with Crippen LogP contribution in [0.4, 0.5) is 0 Å². The molecule has 0 saturated carbocycles. The smallest absolute Gasteiger partial charge is 0.243 e. The average molecular weight is 339 g/mol. The Balaban J connectivity index is 1.97. The highest BCUT2D eigenvalue weighted by molar-refractivity contribution is 7.89. The summed E-state index contributed by atoms with van der Waals surface area (Å²) in [5, 5.41) is 0. The summed E-state index contributed by atoms with van der Waals surface area (Å²) in [5.74, 6) is -0.819. The SMILES string of the molecule is CN(CC(=O)N1CCC(C(N)=O)CC1)S(=O)(=O)c1ccccc1. The van der Waals surface area contributed by atoms with E-state index >= 15 is 0 Å². The topological polar surface area (TPSA) is 101 Å². The van der Waals surface area contributed by atoms with Crippen molar-refractivity contribution in [2.24, 2.45) is 11.7 Å². The van der Waals surface area contributed by atoms with Gasteiger partial charge in [0.15, 0.2) is 0 Å². The van der Waals surface area contributed by atoms with Gasteiger partial charge in [-0.15, -0.1) is 0 Å². The number of hydrogen-bond donors (Lipinski definition) is 1. The zero-order chi connectivity index (χ0) is 17.0. The maximum absolute atomic E-state index is 12.4. The van der Waals surface area contributed by atoms with Crippen LogP contribution in [0.1, 0.15) is 12.8 Å². The molecule has 0 atom stereocenters. The number of nitrogens with two attached hydrogens (primary N) is 1. The Morgan fingerprint density at radius 3 is 2.30 bits per heavy atom. The largest absolute Gasteiger partial charge is 0.369 e. The molecule has 0 radical (unpaired) electrons. The molecule has 23 heavy (non-hydrogen) atoms. The average Bonchev–Trinajstić information content (AvgIpc) is 2.55. The predicted molar refractivity (Wildman–Crippen MR) is 84.8 cm³/mol. The maximum Gasteiger partial charge on any atom is 0.243 e. The Labute approximate surface area is 136 Å². The van der Waals surface area contributed by atoms with Gasteiger partial charge in [-0.05, 0) is 25.0 Å². The minimum absolute atomic E-state index is 0.155. The molecule has 1 heterocycles. The predicted octanol–water partition coefficient (Wildman–Crippen LogP) is 0.0310. The van der Waals surface area contributed by atoms with E-state index in [1.165, 1.54) is 19.2 Å². The molecule has 7 nitrogen and oxygen atoms in total. The molecule has 0 aliphatic carbocycles. The van der Waals surface area contributed by atoms with Crippen LogP contribution < -0.4 is 5.73 Å². The lowest BCUT2D eigenvalue weighted by atomic mass is 9.96. The molecule has 126 valence electrons. The van der Waals surface area contributed by atoms with Crippen molar-refractivity contribution in [2.45, 2.75) is 17.7 Å². The number of likely N-dealkylation sites (N-methyl/N-ethyl adjacent to an activating group) is 1. The van der Waals surface area contributed by atoms with Gasteiger partial charge >= 0.3 is 0 Å². The number of primary amides is 1. The molecule has 1 saturated heterocycles. The van der Waals surface area contributed by atoms with Crippen molar-refractivity contribution in [3.05, 3.63) is 30.3 Å². The summed E-state index contributed by atoms with van der Waals surface area (Å²) in [6, 6.07) is 7.99. The van der Waals surface area contributed by atoms with Crippen LogP contribution in [-0.4, -0.2) is 56.1 Å². The second-order valence-electron chi connectivity index (χ2n) is 5.63. The van der Waals surface area contributed by atoms with E-state index in [2.05, 4.69) is 0 Å². The molecule has 1 aromatic rings. The first kappa shape index (κ1) is 17.4. The van der Waals surface area contributed by atoms with Crippen molar-refractivity contribution in [2.75, 3.05) is 26.7 Å². The van der Waals surface area contributed by atoms with Crippen molar-refractivity contribution in [1.29, 1.82) is 0 Å². The number of nitrogens with zero attached hydrogens (tertiary/aromatic N) is 2. The summed E-state index contributed by atoms with van der Waals surface area (Å²) in [6.45, 7) is 0.621. The van der Waals surface area contributed by atoms with Gasteiger partial charge in [0.05, 0.1) is 11.4 Å². The van der Waals surface area contributed by atoms with Gasteiger partial charge in [-0.1, -0.05) is 18.2 Å². The highest BCUT2D eigenvalue weighted by Gasteiger charge is 2.29. The fourth-order valence-corrected chi connectivity index (χ4v) is 3.70. The van der Waals surface area contributed by atoms with E-state index < -0.39 is 10.0 Å². The fraction of sp³-hybridized carbons (Fsp3) is 0.467. The van der Waals surface area contributed by atoms with Crippen LogP contribution in [0, 0.1) is 5.92 Å². The van der Waals surface area contributed by atoms with E-state index in [0.717, 1.165) is 4.31 Å². The van der Waals surface area contributed by atoms with E-state index in [9.17, 15) is 18.0 Å². The maximum atomic E-state index is 12.4. The first-order valence-corrected chi connectivity index (χ1v) is 8.85. The van der Waals surface area contributed by atoms with E-state index in [1.807, 2.05) is 0 Å². The molecule has 0 aromatic heterocycles. The monoisotopic (exact) mass is 339 g/mol. The van der Waals surface area contributed by atoms with Crippen LogP contribution in [0.2, 0.25) is 0 Å². The number of carbonyl (C=O) groups is 2. The number of likely N-dealkylation sites (tertiary alicyclic amines) is 1. The molecule has 2 N–H and O–H groups in total. The summed E-state index contributed by atoms with van der Waals surface area (Å²) in [4.78, 5) is 25.1. The highest BCUT2D eigenvalue weighted by atomic mass is 32.2. The molecule has 2 amide bonds. The van der Waals surface area contributed by atoms with Gasteiger partial charge in [0.2, 0.25) is 21.8 Å². The summed E-state index contributed by atoms with van der Waals surface area (Å²) in [7, 11) is -2.30. The Morgan fingerprint density at radius 2 is 1.78 bits per heavy atom. The van der Waals surface area contributed by atoms with Crippen molar-refractivity contribution in [3.8, 4) is 0 Å². The van der Waals surface area contributed by atoms with E-state index in [0.29, 0.717) is 25.9 Å². The quantitative estimate of drug-likeness (QED) is 0.818. The zero-order valence-electron chi connectivity index (χ0n) is 13.0. The molecule has 1 aromatic carbocycles. The molecule has 8 heteroatoms.